The average molecular weight is 315 g/mol. The third-order valence-electron chi connectivity index (χ3n) is 2.36. The molecule has 0 saturated carbocycles. The Balaban J connectivity index is 2.44. The molecule has 0 fully saturated rings. The molecule has 0 aromatic heterocycles. The lowest BCUT2D eigenvalue weighted by molar-refractivity contribution is 0.0980. The highest BCUT2D eigenvalue weighted by Crippen LogP contribution is 2.22. The van der Waals surface area contributed by atoms with Crippen molar-refractivity contribution in [3.8, 4) is 5.75 Å². The first-order chi connectivity index (χ1) is 8.65. The minimum atomic E-state index is -0.00167. The molecular weight excluding hydrogens is 296 g/mol. The number of nitrogens with two attached hydrogens (primary N) is 1. The van der Waals surface area contributed by atoms with Crippen molar-refractivity contribution >= 4 is 21.8 Å². The number of unbranched alkanes of at least 4 members (excludes halogenated alkanes) is 1. The van der Waals surface area contributed by atoms with E-state index in [-0.39, 0.29) is 5.84 Å². The van der Waals surface area contributed by atoms with Crippen molar-refractivity contribution in [2.24, 2.45) is 5.73 Å². The SMILES string of the molecule is CCCCOCCOc1ccc(Br)cc1C(=N)N. The summed E-state index contributed by atoms with van der Waals surface area (Å²) in [6, 6.07) is 5.43. The summed E-state index contributed by atoms with van der Waals surface area (Å²) in [4.78, 5) is 0. The zero-order chi connectivity index (χ0) is 13.4. The van der Waals surface area contributed by atoms with Crippen molar-refractivity contribution in [3.05, 3.63) is 28.2 Å². The molecule has 0 aliphatic heterocycles. The fraction of sp³-hybridized carbons (Fsp3) is 0.462. The molecule has 0 saturated heterocycles. The van der Waals surface area contributed by atoms with Gasteiger partial charge < -0.3 is 15.2 Å². The van der Waals surface area contributed by atoms with Gasteiger partial charge in [-0.1, -0.05) is 29.3 Å². The monoisotopic (exact) mass is 314 g/mol. The van der Waals surface area contributed by atoms with Gasteiger partial charge in [0.25, 0.3) is 0 Å². The van der Waals surface area contributed by atoms with E-state index in [2.05, 4.69) is 22.9 Å². The maximum atomic E-state index is 7.49. The van der Waals surface area contributed by atoms with Crippen molar-refractivity contribution in [1.82, 2.24) is 0 Å². The maximum Gasteiger partial charge on any atom is 0.130 e. The number of benzene rings is 1. The van der Waals surface area contributed by atoms with Crippen molar-refractivity contribution in [3.63, 3.8) is 0 Å². The summed E-state index contributed by atoms with van der Waals surface area (Å²) in [5.41, 5.74) is 6.10. The summed E-state index contributed by atoms with van der Waals surface area (Å²) in [6.07, 6.45) is 2.19. The quantitative estimate of drug-likeness (QED) is 0.440. The smallest absolute Gasteiger partial charge is 0.130 e. The predicted molar refractivity (Wildman–Crippen MR) is 76.4 cm³/mol. The van der Waals surface area contributed by atoms with Gasteiger partial charge in [0.2, 0.25) is 0 Å². The van der Waals surface area contributed by atoms with Crippen LogP contribution in [0.3, 0.4) is 0 Å². The second kappa shape index (κ2) is 8.11. The number of nitrogens with one attached hydrogen (secondary N) is 1. The Bertz CT molecular complexity index is 397. The van der Waals surface area contributed by atoms with E-state index >= 15 is 0 Å². The molecule has 5 heteroatoms. The first-order valence-electron chi connectivity index (χ1n) is 5.99. The van der Waals surface area contributed by atoms with E-state index in [9.17, 15) is 0 Å². The van der Waals surface area contributed by atoms with Crippen LogP contribution in [0.25, 0.3) is 0 Å². The molecule has 1 rings (SSSR count). The fourth-order valence-electron chi connectivity index (χ4n) is 1.40. The Labute approximate surface area is 116 Å². The maximum absolute atomic E-state index is 7.49. The van der Waals surface area contributed by atoms with Crippen LogP contribution in [-0.4, -0.2) is 25.7 Å². The third-order valence-corrected chi connectivity index (χ3v) is 2.85. The predicted octanol–water partition coefficient (Wildman–Crippen LogP) is 2.93. The normalized spacial score (nSPS) is 10.3. The topological polar surface area (TPSA) is 68.3 Å². The van der Waals surface area contributed by atoms with Crippen LogP contribution >= 0.6 is 15.9 Å². The molecule has 0 amide bonds. The largest absolute Gasteiger partial charge is 0.490 e. The van der Waals surface area contributed by atoms with Gasteiger partial charge in [0.1, 0.15) is 18.2 Å². The molecule has 0 heterocycles. The zero-order valence-electron chi connectivity index (χ0n) is 10.5. The first-order valence-corrected chi connectivity index (χ1v) is 6.79. The van der Waals surface area contributed by atoms with Gasteiger partial charge in [0.15, 0.2) is 0 Å². The molecule has 3 N–H and O–H groups in total. The molecule has 1 aromatic rings. The van der Waals surface area contributed by atoms with Crippen molar-refractivity contribution < 1.29 is 9.47 Å². The molecule has 18 heavy (non-hydrogen) atoms. The molecule has 0 radical (unpaired) electrons. The highest BCUT2D eigenvalue weighted by molar-refractivity contribution is 9.10. The molecule has 100 valence electrons. The zero-order valence-corrected chi connectivity index (χ0v) is 12.1. The van der Waals surface area contributed by atoms with Gasteiger partial charge in [0, 0.05) is 11.1 Å². The Kier molecular flexibility index (Phi) is 6.75. The van der Waals surface area contributed by atoms with Gasteiger partial charge >= 0.3 is 0 Å². The van der Waals surface area contributed by atoms with Crippen LogP contribution in [0.2, 0.25) is 0 Å². The molecule has 1 aromatic carbocycles. The number of hydrogen-bond acceptors (Lipinski definition) is 3. The molecule has 4 nitrogen and oxygen atoms in total. The number of amidine groups is 1. The van der Waals surface area contributed by atoms with E-state index in [1.165, 1.54) is 0 Å². The van der Waals surface area contributed by atoms with Gasteiger partial charge in [0.05, 0.1) is 12.2 Å². The average Bonchev–Trinajstić information content (AvgIpc) is 2.35. The molecule has 0 unspecified atom stereocenters. The van der Waals surface area contributed by atoms with Crippen LogP contribution in [0, 0.1) is 5.41 Å². The summed E-state index contributed by atoms with van der Waals surface area (Å²) >= 11 is 3.34. The number of ether oxygens (including phenoxy) is 2. The molecule has 0 aliphatic carbocycles. The van der Waals surface area contributed by atoms with Crippen LogP contribution in [0.15, 0.2) is 22.7 Å². The second-order valence-corrected chi connectivity index (χ2v) is 4.78. The molecule has 0 spiro atoms. The Morgan fingerprint density at radius 2 is 2.11 bits per heavy atom. The molecule has 0 bridgehead atoms. The molecule has 0 atom stereocenters. The highest BCUT2D eigenvalue weighted by atomic mass is 79.9. The lowest BCUT2D eigenvalue weighted by atomic mass is 10.2. The van der Waals surface area contributed by atoms with E-state index in [0.717, 1.165) is 23.9 Å². The summed E-state index contributed by atoms with van der Waals surface area (Å²) in [5.74, 6) is 0.614. The van der Waals surface area contributed by atoms with Crippen LogP contribution < -0.4 is 10.5 Å². The van der Waals surface area contributed by atoms with E-state index in [0.29, 0.717) is 24.5 Å². The van der Waals surface area contributed by atoms with Gasteiger partial charge in [-0.15, -0.1) is 0 Å². The lowest BCUT2D eigenvalue weighted by Crippen LogP contribution is -2.15. The Morgan fingerprint density at radius 3 is 2.78 bits per heavy atom. The van der Waals surface area contributed by atoms with E-state index < -0.39 is 0 Å². The number of nitrogen functional groups attached to an aromatic ring is 1. The molecule has 0 aliphatic rings. The van der Waals surface area contributed by atoms with Gasteiger partial charge in [-0.3, -0.25) is 5.41 Å². The third kappa shape index (κ3) is 5.06. The van der Waals surface area contributed by atoms with Gasteiger partial charge in [-0.2, -0.15) is 0 Å². The summed E-state index contributed by atoms with van der Waals surface area (Å²) in [6.45, 7) is 3.90. The van der Waals surface area contributed by atoms with Crippen LogP contribution in [0.4, 0.5) is 0 Å². The van der Waals surface area contributed by atoms with Crippen LogP contribution in [0.1, 0.15) is 25.3 Å². The minimum Gasteiger partial charge on any atom is -0.490 e. The fourth-order valence-corrected chi connectivity index (χ4v) is 1.76. The molecular formula is C13H19BrN2O2. The standard InChI is InChI=1S/C13H19BrN2O2/c1-2-3-6-17-7-8-18-12-5-4-10(14)9-11(12)13(15)16/h4-5,9H,2-3,6-8H2,1H3,(H3,15,16). The summed E-state index contributed by atoms with van der Waals surface area (Å²) in [5, 5.41) is 7.49. The van der Waals surface area contributed by atoms with E-state index in [1.807, 2.05) is 6.07 Å². The van der Waals surface area contributed by atoms with Crippen molar-refractivity contribution in [1.29, 1.82) is 5.41 Å². The lowest BCUT2D eigenvalue weighted by Gasteiger charge is -2.11. The van der Waals surface area contributed by atoms with Gasteiger partial charge in [-0.05, 0) is 24.6 Å². The van der Waals surface area contributed by atoms with Crippen molar-refractivity contribution in [2.75, 3.05) is 19.8 Å². The summed E-state index contributed by atoms with van der Waals surface area (Å²) < 4.78 is 11.8. The Hall–Kier alpha value is -1.07. The second-order valence-electron chi connectivity index (χ2n) is 3.87. The first kappa shape index (κ1) is 15.0. The van der Waals surface area contributed by atoms with E-state index in [1.54, 1.807) is 12.1 Å². The summed E-state index contributed by atoms with van der Waals surface area (Å²) in [7, 11) is 0. The van der Waals surface area contributed by atoms with Gasteiger partial charge in [-0.25, -0.2) is 0 Å². The van der Waals surface area contributed by atoms with E-state index in [4.69, 9.17) is 20.6 Å². The van der Waals surface area contributed by atoms with Crippen LogP contribution in [-0.2, 0) is 4.74 Å². The Morgan fingerprint density at radius 1 is 1.33 bits per heavy atom. The number of rotatable bonds is 8. The van der Waals surface area contributed by atoms with Crippen molar-refractivity contribution in [2.45, 2.75) is 19.8 Å². The minimum absolute atomic E-state index is 0.00167. The highest BCUT2D eigenvalue weighted by Gasteiger charge is 2.07. The number of hydrogen-bond donors (Lipinski definition) is 2. The number of halogens is 1. The van der Waals surface area contributed by atoms with Crippen LogP contribution in [0.5, 0.6) is 5.75 Å².